The van der Waals surface area contributed by atoms with E-state index in [2.05, 4.69) is 39.8 Å². The third-order valence-corrected chi connectivity index (χ3v) is 3.90. The molecule has 0 aromatic carbocycles. The van der Waals surface area contributed by atoms with Gasteiger partial charge >= 0.3 is 0 Å². The van der Waals surface area contributed by atoms with Crippen LogP contribution in [-0.4, -0.2) is 35.6 Å². The van der Waals surface area contributed by atoms with E-state index in [-0.39, 0.29) is 0 Å². The van der Waals surface area contributed by atoms with E-state index >= 15 is 0 Å². The van der Waals surface area contributed by atoms with Crippen molar-refractivity contribution < 1.29 is 4.74 Å². The highest BCUT2D eigenvalue weighted by Gasteiger charge is 2.24. The Kier molecular flexibility index (Phi) is 4.09. The fourth-order valence-electron chi connectivity index (χ4n) is 2.40. The molecule has 0 bridgehead atoms. The first-order valence-electron chi connectivity index (χ1n) is 6.12. The molecular formula is C12H20BrN3O. The zero-order chi connectivity index (χ0) is 12.4. The molecule has 0 N–H and O–H groups in total. The van der Waals surface area contributed by atoms with Gasteiger partial charge in [-0.2, -0.15) is 5.10 Å². The van der Waals surface area contributed by atoms with Crippen molar-refractivity contribution in [3.05, 3.63) is 11.3 Å². The Hall–Kier alpha value is -0.550. The summed E-state index contributed by atoms with van der Waals surface area (Å²) >= 11 is 3.56. The molecule has 2 heterocycles. The summed E-state index contributed by atoms with van der Waals surface area (Å²) < 4.78 is 7.71. The number of halogens is 1. The van der Waals surface area contributed by atoms with Crippen molar-refractivity contribution in [2.45, 2.75) is 31.7 Å². The Labute approximate surface area is 111 Å². The number of hydrogen-bond acceptors (Lipinski definition) is 3. The molecule has 1 aliphatic heterocycles. The normalized spacial score (nSPS) is 20.9. The molecule has 1 aromatic heterocycles. The monoisotopic (exact) mass is 301 g/mol. The van der Waals surface area contributed by atoms with E-state index in [4.69, 9.17) is 4.74 Å². The molecule has 5 heteroatoms. The summed E-state index contributed by atoms with van der Waals surface area (Å²) in [5, 5.41) is 5.37. The highest BCUT2D eigenvalue weighted by molar-refractivity contribution is 9.08. The zero-order valence-electron chi connectivity index (χ0n) is 10.7. The molecule has 96 valence electrons. The maximum Gasteiger partial charge on any atom is 0.131 e. The van der Waals surface area contributed by atoms with Gasteiger partial charge in [-0.25, -0.2) is 0 Å². The Morgan fingerprint density at radius 3 is 2.94 bits per heavy atom. The largest absolute Gasteiger partial charge is 0.375 e. The van der Waals surface area contributed by atoms with Gasteiger partial charge in [-0.15, -0.1) is 0 Å². The van der Waals surface area contributed by atoms with Gasteiger partial charge in [0.15, 0.2) is 0 Å². The topological polar surface area (TPSA) is 30.3 Å². The number of alkyl halides is 1. The van der Waals surface area contributed by atoms with Crippen LogP contribution in [0.15, 0.2) is 0 Å². The second-order valence-corrected chi connectivity index (χ2v) is 5.05. The quantitative estimate of drug-likeness (QED) is 0.802. The summed E-state index contributed by atoms with van der Waals surface area (Å²) in [5.41, 5.74) is 2.41. The first kappa shape index (κ1) is 12.9. The average molecular weight is 302 g/mol. The number of anilines is 1. The van der Waals surface area contributed by atoms with Gasteiger partial charge < -0.3 is 9.64 Å². The summed E-state index contributed by atoms with van der Waals surface area (Å²) in [7, 11) is 2.02. The standard InChI is InChI=1S/C12H20BrN3O/c1-4-10-8-16(5-6-17-10)12-11(7-13)9(2)14-15(12)3/h10H,4-8H2,1-3H3. The van der Waals surface area contributed by atoms with Gasteiger partial charge in [0.25, 0.3) is 0 Å². The van der Waals surface area contributed by atoms with Gasteiger partial charge in [0, 0.05) is 31.0 Å². The van der Waals surface area contributed by atoms with E-state index < -0.39 is 0 Å². The van der Waals surface area contributed by atoms with Crippen molar-refractivity contribution in [3.8, 4) is 0 Å². The lowest BCUT2D eigenvalue weighted by atomic mass is 10.2. The average Bonchev–Trinajstić information content (AvgIpc) is 2.63. The van der Waals surface area contributed by atoms with E-state index in [1.807, 2.05) is 11.7 Å². The molecule has 1 unspecified atom stereocenters. The molecule has 0 radical (unpaired) electrons. The van der Waals surface area contributed by atoms with Gasteiger partial charge in [-0.05, 0) is 13.3 Å². The van der Waals surface area contributed by atoms with Crippen LogP contribution in [0.2, 0.25) is 0 Å². The van der Waals surface area contributed by atoms with E-state index in [1.165, 1.54) is 11.4 Å². The third kappa shape index (κ3) is 2.50. The fourth-order valence-corrected chi connectivity index (χ4v) is 3.06. The number of rotatable bonds is 3. The fraction of sp³-hybridized carbons (Fsp3) is 0.750. The van der Waals surface area contributed by atoms with Gasteiger partial charge in [0.05, 0.1) is 18.4 Å². The first-order valence-corrected chi connectivity index (χ1v) is 7.24. The summed E-state index contributed by atoms with van der Waals surface area (Å²) in [6.07, 6.45) is 1.42. The Morgan fingerprint density at radius 2 is 2.29 bits per heavy atom. The number of morpholine rings is 1. The molecule has 1 aromatic rings. The summed E-state index contributed by atoms with van der Waals surface area (Å²) in [5.74, 6) is 1.24. The van der Waals surface area contributed by atoms with Crippen LogP contribution >= 0.6 is 15.9 Å². The van der Waals surface area contributed by atoms with E-state index in [0.29, 0.717) is 6.10 Å². The van der Waals surface area contributed by atoms with Crippen LogP contribution in [0.25, 0.3) is 0 Å². The van der Waals surface area contributed by atoms with Gasteiger partial charge in [0.2, 0.25) is 0 Å². The summed E-state index contributed by atoms with van der Waals surface area (Å²) in [6.45, 7) is 6.97. The van der Waals surface area contributed by atoms with Crippen molar-refractivity contribution in [3.63, 3.8) is 0 Å². The van der Waals surface area contributed by atoms with Crippen molar-refractivity contribution in [2.24, 2.45) is 7.05 Å². The van der Waals surface area contributed by atoms with Crippen LogP contribution < -0.4 is 4.90 Å². The molecule has 0 spiro atoms. The number of hydrogen-bond donors (Lipinski definition) is 0. The van der Waals surface area contributed by atoms with E-state index in [0.717, 1.165) is 37.1 Å². The molecule has 0 aliphatic carbocycles. The zero-order valence-corrected chi connectivity index (χ0v) is 12.3. The second-order valence-electron chi connectivity index (χ2n) is 4.49. The lowest BCUT2D eigenvalue weighted by Gasteiger charge is -2.34. The Bertz CT molecular complexity index is 391. The van der Waals surface area contributed by atoms with Crippen LogP contribution in [0.5, 0.6) is 0 Å². The second kappa shape index (κ2) is 5.40. The molecular weight excluding hydrogens is 282 g/mol. The van der Waals surface area contributed by atoms with Gasteiger partial charge in [0.1, 0.15) is 5.82 Å². The van der Waals surface area contributed by atoms with Crippen molar-refractivity contribution in [1.29, 1.82) is 0 Å². The van der Waals surface area contributed by atoms with Crippen LogP contribution in [0.3, 0.4) is 0 Å². The SMILES string of the molecule is CCC1CN(c2c(CBr)c(C)nn2C)CCO1. The molecule has 2 rings (SSSR count). The molecule has 1 saturated heterocycles. The van der Waals surface area contributed by atoms with Crippen molar-refractivity contribution >= 4 is 21.7 Å². The number of nitrogens with zero attached hydrogens (tertiary/aromatic N) is 3. The van der Waals surface area contributed by atoms with E-state index in [9.17, 15) is 0 Å². The molecule has 17 heavy (non-hydrogen) atoms. The Balaban J connectivity index is 2.26. The van der Waals surface area contributed by atoms with Crippen LogP contribution in [0.4, 0.5) is 5.82 Å². The minimum Gasteiger partial charge on any atom is -0.375 e. The number of aromatic nitrogens is 2. The van der Waals surface area contributed by atoms with Crippen LogP contribution in [0.1, 0.15) is 24.6 Å². The molecule has 1 aliphatic rings. The lowest BCUT2D eigenvalue weighted by molar-refractivity contribution is 0.0379. The minimum absolute atomic E-state index is 0.349. The minimum atomic E-state index is 0.349. The van der Waals surface area contributed by atoms with Gasteiger partial charge in [-0.1, -0.05) is 22.9 Å². The molecule has 0 amide bonds. The predicted octanol–water partition coefficient (Wildman–Crippen LogP) is 2.24. The summed E-state index contributed by atoms with van der Waals surface area (Å²) in [4.78, 5) is 2.40. The highest BCUT2D eigenvalue weighted by atomic mass is 79.9. The predicted molar refractivity (Wildman–Crippen MR) is 72.8 cm³/mol. The number of aryl methyl sites for hydroxylation is 2. The molecule has 1 atom stereocenters. The van der Waals surface area contributed by atoms with Crippen LogP contribution in [-0.2, 0) is 17.1 Å². The lowest BCUT2D eigenvalue weighted by Crippen LogP contribution is -2.43. The highest BCUT2D eigenvalue weighted by Crippen LogP contribution is 2.27. The smallest absolute Gasteiger partial charge is 0.131 e. The van der Waals surface area contributed by atoms with Crippen molar-refractivity contribution in [2.75, 3.05) is 24.6 Å². The number of ether oxygens (including phenoxy) is 1. The third-order valence-electron chi connectivity index (χ3n) is 3.34. The van der Waals surface area contributed by atoms with Crippen molar-refractivity contribution in [1.82, 2.24) is 9.78 Å². The first-order chi connectivity index (χ1) is 8.17. The maximum absolute atomic E-state index is 5.72. The molecule has 4 nitrogen and oxygen atoms in total. The molecule has 0 saturated carbocycles. The van der Waals surface area contributed by atoms with Gasteiger partial charge in [-0.3, -0.25) is 4.68 Å². The van der Waals surface area contributed by atoms with Crippen LogP contribution in [0, 0.1) is 6.92 Å². The Morgan fingerprint density at radius 1 is 1.53 bits per heavy atom. The maximum atomic E-state index is 5.72. The van der Waals surface area contributed by atoms with E-state index in [1.54, 1.807) is 0 Å². The molecule has 1 fully saturated rings. The summed E-state index contributed by atoms with van der Waals surface area (Å²) in [6, 6.07) is 0.